The number of hydrogen-bond donors (Lipinski definition) is 0. The van der Waals surface area contributed by atoms with Crippen LogP contribution in [0.2, 0.25) is 0 Å². The van der Waals surface area contributed by atoms with Crippen LogP contribution in [0.15, 0.2) is 4.99 Å². The van der Waals surface area contributed by atoms with Crippen molar-refractivity contribution in [3.63, 3.8) is 0 Å². The summed E-state index contributed by atoms with van der Waals surface area (Å²) in [5.74, 6) is 1.81. The van der Waals surface area contributed by atoms with E-state index in [9.17, 15) is 9.59 Å². The third-order valence-electron chi connectivity index (χ3n) is 6.39. The first-order valence-electron chi connectivity index (χ1n) is 8.79. The number of amidine groups is 1. The van der Waals surface area contributed by atoms with Crippen LogP contribution in [-0.4, -0.2) is 57.7 Å². The zero-order chi connectivity index (χ0) is 16.2. The lowest BCUT2D eigenvalue weighted by Crippen LogP contribution is -2.47. The Morgan fingerprint density at radius 3 is 2.61 bits per heavy atom. The van der Waals surface area contributed by atoms with Gasteiger partial charge >= 0.3 is 0 Å². The molecular formula is C17H25N3O2S. The van der Waals surface area contributed by atoms with E-state index in [1.165, 1.54) is 25.7 Å². The van der Waals surface area contributed by atoms with Gasteiger partial charge in [0.15, 0.2) is 5.17 Å². The van der Waals surface area contributed by atoms with Crippen LogP contribution in [0.4, 0.5) is 0 Å². The van der Waals surface area contributed by atoms with Gasteiger partial charge in [0.2, 0.25) is 5.91 Å². The normalized spacial score (nSPS) is 35.0. The smallest absolute Gasteiger partial charge is 0.264 e. The number of likely N-dealkylation sites (tertiary alicyclic amines) is 1. The molecule has 2 saturated carbocycles. The molecule has 2 aliphatic heterocycles. The van der Waals surface area contributed by atoms with Gasteiger partial charge in [-0.05, 0) is 43.9 Å². The summed E-state index contributed by atoms with van der Waals surface area (Å²) in [4.78, 5) is 32.6. The Balaban J connectivity index is 1.44. The third-order valence-corrected chi connectivity index (χ3v) is 7.93. The SMILES string of the molecule is CC(=O)N1CCC2(CC1)SC(N(C)C1CC3CCC1C3)=NC2=O. The van der Waals surface area contributed by atoms with Crippen LogP contribution in [0, 0.1) is 11.8 Å². The van der Waals surface area contributed by atoms with Crippen molar-refractivity contribution in [1.82, 2.24) is 9.80 Å². The maximum atomic E-state index is 12.6. The van der Waals surface area contributed by atoms with E-state index in [0.29, 0.717) is 19.1 Å². The fourth-order valence-corrected chi connectivity index (χ4v) is 6.18. The van der Waals surface area contributed by atoms with Crippen molar-refractivity contribution in [1.29, 1.82) is 0 Å². The molecule has 4 rings (SSSR count). The predicted octanol–water partition coefficient (Wildman–Crippen LogP) is 2.12. The molecule has 0 aromatic rings. The Kier molecular flexibility index (Phi) is 3.70. The lowest BCUT2D eigenvalue weighted by molar-refractivity contribution is -0.131. The van der Waals surface area contributed by atoms with Gasteiger partial charge in [-0.2, -0.15) is 4.99 Å². The first kappa shape index (κ1) is 15.5. The molecule has 0 aromatic heterocycles. The fourth-order valence-electron chi connectivity index (χ4n) is 4.91. The van der Waals surface area contributed by atoms with E-state index in [1.807, 2.05) is 4.90 Å². The molecule has 0 radical (unpaired) electrons. The van der Waals surface area contributed by atoms with Crippen molar-refractivity contribution in [2.45, 2.75) is 56.2 Å². The van der Waals surface area contributed by atoms with Crippen molar-refractivity contribution in [3.8, 4) is 0 Å². The summed E-state index contributed by atoms with van der Waals surface area (Å²) in [6, 6.07) is 0.570. The Hall–Kier alpha value is -1.04. The molecule has 3 fully saturated rings. The van der Waals surface area contributed by atoms with Crippen LogP contribution in [-0.2, 0) is 9.59 Å². The first-order chi connectivity index (χ1) is 11.0. The van der Waals surface area contributed by atoms with E-state index in [4.69, 9.17) is 0 Å². The number of amides is 2. The predicted molar refractivity (Wildman–Crippen MR) is 91.3 cm³/mol. The minimum Gasteiger partial charge on any atom is -0.351 e. The molecule has 1 spiro atoms. The number of piperidine rings is 1. The molecule has 3 atom stereocenters. The van der Waals surface area contributed by atoms with Crippen LogP contribution in [0.5, 0.6) is 0 Å². The van der Waals surface area contributed by atoms with Gasteiger partial charge < -0.3 is 9.80 Å². The fraction of sp³-hybridized carbons (Fsp3) is 0.824. The largest absolute Gasteiger partial charge is 0.351 e. The Morgan fingerprint density at radius 2 is 2.04 bits per heavy atom. The van der Waals surface area contributed by atoms with Crippen LogP contribution >= 0.6 is 11.8 Å². The van der Waals surface area contributed by atoms with Crippen molar-refractivity contribution in [2.24, 2.45) is 16.8 Å². The minimum absolute atomic E-state index is 0.0238. The molecule has 1 saturated heterocycles. The summed E-state index contributed by atoms with van der Waals surface area (Å²) >= 11 is 1.67. The zero-order valence-corrected chi connectivity index (χ0v) is 14.8. The van der Waals surface area contributed by atoms with E-state index in [-0.39, 0.29) is 11.8 Å². The lowest BCUT2D eigenvalue weighted by atomic mass is 9.94. The lowest BCUT2D eigenvalue weighted by Gasteiger charge is -2.37. The number of carbonyl (C=O) groups excluding carboxylic acids is 2. The molecule has 0 N–H and O–H groups in total. The van der Waals surface area contributed by atoms with E-state index >= 15 is 0 Å². The standard InChI is InChI=1S/C17H25N3O2S/c1-11(21)20-7-5-17(6-8-20)15(22)18-16(23-17)19(2)14-10-12-3-4-13(14)9-12/h12-14H,3-10H2,1-2H3. The van der Waals surface area contributed by atoms with E-state index in [2.05, 4.69) is 16.9 Å². The van der Waals surface area contributed by atoms with Crippen LogP contribution in [0.25, 0.3) is 0 Å². The average Bonchev–Trinajstić information content (AvgIpc) is 3.23. The summed E-state index contributed by atoms with van der Waals surface area (Å²) in [5.41, 5.74) is 0. The minimum atomic E-state index is -0.410. The summed E-state index contributed by atoms with van der Waals surface area (Å²) < 4.78 is -0.410. The van der Waals surface area contributed by atoms with Crippen LogP contribution < -0.4 is 0 Å². The number of carbonyl (C=O) groups is 2. The molecule has 2 aliphatic carbocycles. The van der Waals surface area contributed by atoms with E-state index < -0.39 is 4.75 Å². The molecule has 23 heavy (non-hydrogen) atoms. The number of fused-ring (bicyclic) bond motifs is 2. The maximum Gasteiger partial charge on any atom is 0.264 e. The highest BCUT2D eigenvalue weighted by Gasteiger charge is 2.50. The molecular weight excluding hydrogens is 310 g/mol. The molecule has 4 aliphatic rings. The maximum absolute atomic E-state index is 12.6. The van der Waals surface area contributed by atoms with Gasteiger partial charge in [0, 0.05) is 33.1 Å². The second kappa shape index (κ2) is 5.50. The Labute approximate surface area is 141 Å². The number of thioether (sulfide) groups is 1. The summed E-state index contributed by atoms with van der Waals surface area (Å²) in [6.07, 6.45) is 6.81. The monoisotopic (exact) mass is 335 g/mol. The van der Waals surface area contributed by atoms with Crippen LogP contribution in [0.1, 0.15) is 45.4 Å². The molecule has 5 nitrogen and oxygen atoms in total. The van der Waals surface area contributed by atoms with Gasteiger partial charge in [-0.25, -0.2) is 0 Å². The van der Waals surface area contributed by atoms with Crippen molar-refractivity contribution in [3.05, 3.63) is 0 Å². The average molecular weight is 335 g/mol. The van der Waals surface area contributed by atoms with Crippen molar-refractivity contribution in [2.75, 3.05) is 20.1 Å². The van der Waals surface area contributed by atoms with E-state index in [1.54, 1.807) is 18.7 Å². The first-order valence-corrected chi connectivity index (χ1v) is 9.61. The summed E-state index contributed by atoms with van der Waals surface area (Å²) in [5, 5.41) is 0.920. The summed E-state index contributed by atoms with van der Waals surface area (Å²) in [6.45, 7) is 2.95. The molecule has 2 heterocycles. The molecule has 2 amide bonds. The topological polar surface area (TPSA) is 53.0 Å². The molecule has 3 unspecified atom stereocenters. The summed E-state index contributed by atoms with van der Waals surface area (Å²) in [7, 11) is 2.12. The van der Waals surface area contributed by atoms with Gasteiger partial charge in [0.25, 0.3) is 5.91 Å². The number of hydrogen-bond acceptors (Lipinski definition) is 4. The van der Waals surface area contributed by atoms with Gasteiger partial charge in [-0.3, -0.25) is 9.59 Å². The second-order valence-electron chi connectivity index (χ2n) is 7.66. The van der Waals surface area contributed by atoms with Crippen molar-refractivity contribution < 1.29 is 9.59 Å². The number of aliphatic imine (C=N–C) groups is 1. The van der Waals surface area contributed by atoms with Crippen molar-refractivity contribution >= 4 is 28.7 Å². The molecule has 2 bridgehead atoms. The third kappa shape index (κ3) is 2.49. The van der Waals surface area contributed by atoms with E-state index in [0.717, 1.165) is 29.8 Å². The van der Waals surface area contributed by atoms with Gasteiger partial charge in [0.1, 0.15) is 4.75 Å². The highest BCUT2D eigenvalue weighted by atomic mass is 32.2. The molecule has 6 heteroatoms. The number of nitrogens with zero attached hydrogens (tertiary/aromatic N) is 3. The quantitative estimate of drug-likeness (QED) is 0.736. The number of rotatable bonds is 1. The molecule has 0 aromatic carbocycles. The molecule has 126 valence electrons. The highest BCUT2D eigenvalue weighted by Crippen LogP contribution is 2.49. The van der Waals surface area contributed by atoms with Gasteiger partial charge in [-0.1, -0.05) is 18.2 Å². The Bertz CT molecular complexity index is 568. The van der Waals surface area contributed by atoms with Gasteiger partial charge in [0.05, 0.1) is 0 Å². The highest BCUT2D eigenvalue weighted by molar-refractivity contribution is 8.16. The zero-order valence-electron chi connectivity index (χ0n) is 14.0. The second-order valence-corrected chi connectivity index (χ2v) is 9.01. The van der Waals surface area contributed by atoms with Crippen LogP contribution in [0.3, 0.4) is 0 Å². The Morgan fingerprint density at radius 1 is 1.30 bits per heavy atom. The van der Waals surface area contributed by atoms with Gasteiger partial charge in [-0.15, -0.1) is 0 Å².